The van der Waals surface area contributed by atoms with Crippen LogP contribution in [0.5, 0.6) is 5.75 Å². The number of ether oxygens (including phenoxy) is 1. The van der Waals surface area contributed by atoms with Crippen LogP contribution in [0.3, 0.4) is 0 Å². The summed E-state index contributed by atoms with van der Waals surface area (Å²) in [6, 6.07) is 8.99. The zero-order valence-electron chi connectivity index (χ0n) is 12.3. The maximum Gasteiger partial charge on any atom is 0.119 e. The van der Waals surface area contributed by atoms with Crippen LogP contribution in [0.15, 0.2) is 24.3 Å². The summed E-state index contributed by atoms with van der Waals surface area (Å²) >= 11 is 0. The monoisotopic (exact) mass is 275 g/mol. The van der Waals surface area contributed by atoms with Crippen LogP contribution in [0, 0.1) is 5.92 Å². The van der Waals surface area contributed by atoms with Gasteiger partial charge in [-0.2, -0.15) is 0 Å². The highest BCUT2D eigenvalue weighted by Crippen LogP contribution is 2.35. The molecule has 2 N–H and O–H groups in total. The number of hydrogen-bond acceptors (Lipinski definition) is 4. The molecule has 20 heavy (non-hydrogen) atoms. The molecule has 4 nitrogen and oxygen atoms in total. The molecule has 1 aromatic carbocycles. The van der Waals surface area contributed by atoms with Crippen LogP contribution in [0.2, 0.25) is 0 Å². The average Bonchev–Trinajstić information content (AvgIpc) is 3.34. The summed E-state index contributed by atoms with van der Waals surface area (Å²) < 4.78 is 5.21. The minimum Gasteiger partial charge on any atom is -0.497 e. The van der Waals surface area contributed by atoms with Gasteiger partial charge in [-0.05, 0) is 43.0 Å². The lowest BCUT2D eigenvalue weighted by Gasteiger charge is -2.40. The van der Waals surface area contributed by atoms with E-state index in [1.165, 1.54) is 18.5 Å². The SMILES string of the molecule is COc1ccc(N2CCN(C(CN)C3CC3)CC2)cc1. The van der Waals surface area contributed by atoms with E-state index in [0.29, 0.717) is 6.04 Å². The molecule has 1 heterocycles. The van der Waals surface area contributed by atoms with Crippen molar-refractivity contribution < 1.29 is 4.74 Å². The Bertz CT molecular complexity index is 422. The van der Waals surface area contributed by atoms with Crippen LogP contribution in [0.4, 0.5) is 5.69 Å². The number of methoxy groups -OCH3 is 1. The van der Waals surface area contributed by atoms with E-state index in [4.69, 9.17) is 10.5 Å². The van der Waals surface area contributed by atoms with Crippen molar-refractivity contribution in [1.29, 1.82) is 0 Å². The van der Waals surface area contributed by atoms with Crippen molar-refractivity contribution in [3.8, 4) is 5.75 Å². The second-order valence-corrected chi connectivity index (χ2v) is 5.86. The van der Waals surface area contributed by atoms with Crippen molar-refractivity contribution in [3.63, 3.8) is 0 Å². The first kappa shape index (κ1) is 13.7. The largest absolute Gasteiger partial charge is 0.497 e. The minimum atomic E-state index is 0.619. The lowest BCUT2D eigenvalue weighted by Crippen LogP contribution is -2.53. The fourth-order valence-corrected chi connectivity index (χ4v) is 3.23. The molecule has 2 fully saturated rings. The van der Waals surface area contributed by atoms with E-state index in [9.17, 15) is 0 Å². The lowest BCUT2D eigenvalue weighted by atomic mass is 10.1. The molecule has 1 aliphatic heterocycles. The normalized spacial score (nSPS) is 21.8. The van der Waals surface area contributed by atoms with E-state index in [-0.39, 0.29) is 0 Å². The fraction of sp³-hybridized carbons (Fsp3) is 0.625. The number of piperazine rings is 1. The minimum absolute atomic E-state index is 0.619. The summed E-state index contributed by atoms with van der Waals surface area (Å²) in [5, 5.41) is 0. The van der Waals surface area contributed by atoms with Gasteiger partial charge in [-0.15, -0.1) is 0 Å². The molecule has 1 atom stereocenters. The van der Waals surface area contributed by atoms with Gasteiger partial charge in [0.1, 0.15) is 5.75 Å². The summed E-state index contributed by atoms with van der Waals surface area (Å²) in [5.41, 5.74) is 7.25. The van der Waals surface area contributed by atoms with Gasteiger partial charge in [-0.25, -0.2) is 0 Å². The molecule has 1 unspecified atom stereocenters. The molecule has 0 bridgehead atoms. The average molecular weight is 275 g/mol. The first-order valence-electron chi connectivity index (χ1n) is 7.65. The molecule has 2 aliphatic rings. The van der Waals surface area contributed by atoms with E-state index in [1.54, 1.807) is 7.11 Å². The Kier molecular flexibility index (Phi) is 4.13. The molecule has 0 spiro atoms. The van der Waals surface area contributed by atoms with Crippen LogP contribution >= 0.6 is 0 Å². The van der Waals surface area contributed by atoms with Crippen molar-refractivity contribution in [2.45, 2.75) is 18.9 Å². The Morgan fingerprint density at radius 2 is 1.80 bits per heavy atom. The number of nitrogens with two attached hydrogens (primary N) is 1. The van der Waals surface area contributed by atoms with Gasteiger partial charge >= 0.3 is 0 Å². The Labute approximate surface area is 121 Å². The summed E-state index contributed by atoms with van der Waals surface area (Å²) in [7, 11) is 1.71. The van der Waals surface area contributed by atoms with Crippen molar-refractivity contribution >= 4 is 5.69 Å². The third-order valence-electron chi connectivity index (χ3n) is 4.63. The Morgan fingerprint density at radius 1 is 1.15 bits per heavy atom. The second-order valence-electron chi connectivity index (χ2n) is 5.86. The summed E-state index contributed by atoms with van der Waals surface area (Å²) in [4.78, 5) is 5.05. The number of nitrogens with zero attached hydrogens (tertiary/aromatic N) is 2. The van der Waals surface area contributed by atoms with Gasteiger partial charge in [0, 0.05) is 44.5 Å². The van der Waals surface area contributed by atoms with E-state index >= 15 is 0 Å². The van der Waals surface area contributed by atoms with Crippen molar-refractivity contribution in [2.75, 3.05) is 44.7 Å². The lowest BCUT2D eigenvalue weighted by molar-refractivity contribution is 0.171. The van der Waals surface area contributed by atoms with Crippen LogP contribution in [-0.2, 0) is 0 Å². The molecule has 1 aromatic rings. The highest BCUT2D eigenvalue weighted by molar-refractivity contribution is 5.49. The first-order chi connectivity index (χ1) is 9.81. The van der Waals surface area contributed by atoms with Crippen molar-refractivity contribution in [1.82, 2.24) is 4.90 Å². The smallest absolute Gasteiger partial charge is 0.119 e. The number of hydrogen-bond donors (Lipinski definition) is 1. The number of rotatable bonds is 5. The van der Waals surface area contributed by atoms with E-state index in [2.05, 4.69) is 21.9 Å². The zero-order valence-corrected chi connectivity index (χ0v) is 12.3. The first-order valence-corrected chi connectivity index (χ1v) is 7.65. The van der Waals surface area contributed by atoms with Gasteiger partial charge in [-0.1, -0.05) is 0 Å². The van der Waals surface area contributed by atoms with Gasteiger partial charge < -0.3 is 15.4 Å². The van der Waals surface area contributed by atoms with Crippen LogP contribution in [0.1, 0.15) is 12.8 Å². The quantitative estimate of drug-likeness (QED) is 0.885. The van der Waals surface area contributed by atoms with Crippen LogP contribution < -0.4 is 15.4 Å². The molecule has 0 amide bonds. The molecule has 1 saturated heterocycles. The molecule has 1 aliphatic carbocycles. The third kappa shape index (κ3) is 2.91. The maximum absolute atomic E-state index is 5.95. The standard InChI is InChI=1S/C16H25N3O/c1-20-15-6-4-14(5-7-15)18-8-10-19(11-9-18)16(12-17)13-2-3-13/h4-7,13,16H,2-3,8-12,17H2,1H3. The van der Waals surface area contributed by atoms with Gasteiger partial charge in [0.05, 0.1) is 7.11 Å². The van der Waals surface area contributed by atoms with Crippen molar-refractivity contribution in [2.24, 2.45) is 11.7 Å². The summed E-state index contributed by atoms with van der Waals surface area (Å²) in [5.74, 6) is 1.79. The topological polar surface area (TPSA) is 41.7 Å². The molecule has 0 aromatic heterocycles. The highest BCUT2D eigenvalue weighted by Gasteiger charge is 2.35. The summed E-state index contributed by atoms with van der Waals surface area (Å²) in [6.45, 7) is 5.26. The van der Waals surface area contributed by atoms with Gasteiger partial charge in [-0.3, -0.25) is 4.90 Å². The molecule has 0 radical (unpaired) electrons. The van der Waals surface area contributed by atoms with Gasteiger partial charge in [0.2, 0.25) is 0 Å². The predicted molar refractivity (Wildman–Crippen MR) is 82.3 cm³/mol. The molecule has 4 heteroatoms. The van der Waals surface area contributed by atoms with Gasteiger partial charge in [0.15, 0.2) is 0 Å². The van der Waals surface area contributed by atoms with Crippen LogP contribution in [0.25, 0.3) is 0 Å². The Hall–Kier alpha value is -1.26. The molecule has 1 saturated carbocycles. The Balaban J connectivity index is 1.57. The fourth-order valence-electron chi connectivity index (χ4n) is 3.23. The highest BCUT2D eigenvalue weighted by atomic mass is 16.5. The second kappa shape index (κ2) is 6.02. The van der Waals surface area contributed by atoms with Crippen molar-refractivity contribution in [3.05, 3.63) is 24.3 Å². The predicted octanol–water partition coefficient (Wildman–Crippen LogP) is 1.55. The van der Waals surface area contributed by atoms with Gasteiger partial charge in [0.25, 0.3) is 0 Å². The molecular weight excluding hydrogens is 250 g/mol. The van der Waals surface area contributed by atoms with E-state index < -0.39 is 0 Å². The van der Waals surface area contributed by atoms with Crippen LogP contribution in [-0.4, -0.2) is 50.8 Å². The number of benzene rings is 1. The third-order valence-corrected chi connectivity index (χ3v) is 4.63. The Morgan fingerprint density at radius 3 is 2.30 bits per heavy atom. The molecular formula is C16H25N3O. The maximum atomic E-state index is 5.95. The van der Waals surface area contributed by atoms with E-state index in [1.807, 2.05) is 12.1 Å². The molecule has 110 valence electrons. The number of anilines is 1. The molecule has 3 rings (SSSR count). The summed E-state index contributed by atoms with van der Waals surface area (Å²) in [6.07, 6.45) is 2.75. The zero-order chi connectivity index (χ0) is 13.9. The van der Waals surface area contributed by atoms with E-state index in [0.717, 1.165) is 44.4 Å².